The summed E-state index contributed by atoms with van der Waals surface area (Å²) in [5, 5.41) is 0. The number of hydrogen-bond acceptors (Lipinski definition) is 3. The van der Waals surface area contributed by atoms with Crippen molar-refractivity contribution in [3.05, 3.63) is 0 Å². The van der Waals surface area contributed by atoms with Gasteiger partial charge in [-0.15, -0.1) is 0 Å². The third kappa shape index (κ3) is 1.88. The molecule has 0 unspecified atom stereocenters. The molecule has 0 bridgehead atoms. The van der Waals surface area contributed by atoms with E-state index in [1.165, 1.54) is 0 Å². The molecule has 58 valence electrons. The lowest BCUT2D eigenvalue weighted by Crippen LogP contribution is -2.39. The van der Waals surface area contributed by atoms with Crippen LogP contribution in [0.3, 0.4) is 0 Å². The van der Waals surface area contributed by atoms with Crippen molar-refractivity contribution in [1.82, 2.24) is 0 Å². The Bertz CT molecular complexity index is 132. The van der Waals surface area contributed by atoms with Crippen LogP contribution >= 0.6 is 0 Å². The number of carbonyl (C=O) groups excluding carboxylic acids is 1. The summed E-state index contributed by atoms with van der Waals surface area (Å²) in [6, 6.07) is 0.307. The average Bonchev–Trinajstić information content (AvgIpc) is 1.77. The summed E-state index contributed by atoms with van der Waals surface area (Å²) in [6.45, 7) is 0.434. The first-order chi connectivity index (χ1) is 4.68. The van der Waals surface area contributed by atoms with Gasteiger partial charge in [-0.2, -0.15) is 0 Å². The van der Waals surface area contributed by atoms with Crippen molar-refractivity contribution in [2.24, 2.45) is 17.4 Å². The topological polar surface area (TPSA) is 78.3 Å². The van der Waals surface area contributed by atoms with E-state index in [9.17, 15) is 4.79 Å². The van der Waals surface area contributed by atoms with E-state index in [1.54, 1.807) is 0 Å². The number of carbonyl (C=O) groups is 1. The van der Waals surface area contributed by atoms with Gasteiger partial charge in [0.1, 0.15) is 0 Å². The van der Waals surface area contributed by atoms with Crippen LogP contribution in [0.2, 0.25) is 0 Å². The van der Waals surface area contributed by atoms with Crippen LogP contribution in [0, 0.1) is 5.92 Å². The number of nitrogens with two attached hydrogens (primary N) is 2. The number of hydrogen-bond donors (Lipinski definition) is 2. The first kappa shape index (κ1) is 7.34. The Kier molecular flexibility index (Phi) is 2.11. The van der Waals surface area contributed by atoms with Crippen molar-refractivity contribution < 1.29 is 9.53 Å². The Hall–Kier alpha value is -0.770. The molecule has 0 spiro atoms. The zero-order chi connectivity index (χ0) is 7.56. The predicted octanol–water partition coefficient (Wildman–Crippen LogP) is -0.181. The Morgan fingerprint density at radius 2 is 2.20 bits per heavy atom. The number of amides is 1. The first-order valence-corrected chi connectivity index (χ1v) is 3.36. The van der Waals surface area contributed by atoms with Crippen LogP contribution in [0.4, 0.5) is 4.79 Å². The normalized spacial score (nSPS) is 30.9. The molecule has 0 radical (unpaired) electrons. The minimum atomic E-state index is -0.694. The molecule has 1 aliphatic rings. The summed E-state index contributed by atoms with van der Waals surface area (Å²) < 4.78 is 4.58. The third-order valence-electron chi connectivity index (χ3n) is 1.73. The van der Waals surface area contributed by atoms with Crippen molar-refractivity contribution in [3.8, 4) is 0 Å². The van der Waals surface area contributed by atoms with E-state index in [4.69, 9.17) is 11.5 Å². The Morgan fingerprint density at radius 1 is 1.60 bits per heavy atom. The fraction of sp³-hybridized carbons (Fsp3) is 0.833. The molecule has 0 heterocycles. The van der Waals surface area contributed by atoms with E-state index in [0.29, 0.717) is 18.6 Å². The van der Waals surface area contributed by atoms with E-state index in [2.05, 4.69) is 4.74 Å². The molecule has 10 heavy (non-hydrogen) atoms. The summed E-state index contributed by atoms with van der Waals surface area (Å²) in [4.78, 5) is 10.1. The van der Waals surface area contributed by atoms with E-state index >= 15 is 0 Å². The summed E-state index contributed by atoms with van der Waals surface area (Å²) in [5.41, 5.74) is 10.3. The molecular weight excluding hydrogens is 132 g/mol. The second-order valence-electron chi connectivity index (χ2n) is 2.73. The van der Waals surface area contributed by atoms with Gasteiger partial charge in [-0.3, -0.25) is 0 Å². The Morgan fingerprint density at radius 3 is 2.60 bits per heavy atom. The van der Waals surface area contributed by atoms with E-state index < -0.39 is 6.09 Å². The van der Waals surface area contributed by atoms with E-state index in [0.717, 1.165) is 12.8 Å². The first-order valence-electron chi connectivity index (χ1n) is 3.36. The third-order valence-corrected chi connectivity index (χ3v) is 1.73. The summed E-state index contributed by atoms with van der Waals surface area (Å²) in [5.74, 6) is 0.447. The van der Waals surface area contributed by atoms with E-state index in [-0.39, 0.29) is 0 Å². The van der Waals surface area contributed by atoms with Crippen molar-refractivity contribution in [2.45, 2.75) is 18.9 Å². The SMILES string of the molecule is NC(=O)OC[C@H]1C[C@@H](N)C1. The smallest absolute Gasteiger partial charge is 0.404 e. The molecule has 4 heteroatoms. The highest BCUT2D eigenvalue weighted by Crippen LogP contribution is 2.25. The molecule has 1 amide bonds. The lowest BCUT2D eigenvalue weighted by atomic mass is 9.82. The second kappa shape index (κ2) is 2.88. The van der Waals surface area contributed by atoms with Crippen LogP contribution in [0.5, 0.6) is 0 Å². The predicted molar refractivity (Wildman–Crippen MR) is 36.2 cm³/mol. The maximum Gasteiger partial charge on any atom is 0.404 e. The Balaban J connectivity index is 2.00. The zero-order valence-corrected chi connectivity index (χ0v) is 5.75. The molecule has 0 atom stereocenters. The molecule has 1 rings (SSSR count). The zero-order valence-electron chi connectivity index (χ0n) is 5.75. The van der Waals surface area contributed by atoms with Crippen molar-refractivity contribution in [3.63, 3.8) is 0 Å². The molecule has 1 saturated carbocycles. The van der Waals surface area contributed by atoms with Crippen LogP contribution in [-0.2, 0) is 4.74 Å². The van der Waals surface area contributed by atoms with Gasteiger partial charge in [0, 0.05) is 6.04 Å². The van der Waals surface area contributed by atoms with Crippen molar-refractivity contribution in [2.75, 3.05) is 6.61 Å². The van der Waals surface area contributed by atoms with Gasteiger partial charge in [0.25, 0.3) is 0 Å². The van der Waals surface area contributed by atoms with Gasteiger partial charge in [0.15, 0.2) is 0 Å². The van der Waals surface area contributed by atoms with Gasteiger partial charge in [-0.05, 0) is 18.8 Å². The van der Waals surface area contributed by atoms with Gasteiger partial charge in [0.2, 0.25) is 0 Å². The quantitative estimate of drug-likeness (QED) is 0.564. The lowest BCUT2D eigenvalue weighted by Gasteiger charge is -2.31. The van der Waals surface area contributed by atoms with Gasteiger partial charge in [-0.25, -0.2) is 4.79 Å². The maximum absolute atomic E-state index is 10.1. The van der Waals surface area contributed by atoms with Crippen molar-refractivity contribution in [1.29, 1.82) is 0 Å². The van der Waals surface area contributed by atoms with Crippen LogP contribution in [-0.4, -0.2) is 18.7 Å². The molecule has 4 nitrogen and oxygen atoms in total. The average molecular weight is 144 g/mol. The monoisotopic (exact) mass is 144 g/mol. The lowest BCUT2D eigenvalue weighted by molar-refractivity contribution is 0.102. The molecule has 0 aromatic heterocycles. The molecule has 1 aliphatic carbocycles. The summed E-state index contributed by atoms with van der Waals surface area (Å²) >= 11 is 0. The van der Waals surface area contributed by atoms with Gasteiger partial charge >= 0.3 is 6.09 Å². The van der Waals surface area contributed by atoms with E-state index in [1.807, 2.05) is 0 Å². The minimum absolute atomic E-state index is 0.307. The fourth-order valence-corrected chi connectivity index (χ4v) is 1.12. The van der Waals surface area contributed by atoms with Crippen LogP contribution < -0.4 is 11.5 Å². The number of ether oxygens (including phenoxy) is 1. The molecule has 0 aromatic rings. The largest absolute Gasteiger partial charge is 0.449 e. The maximum atomic E-state index is 10.1. The number of primary amides is 1. The highest BCUT2D eigenvalue weighted by molar-refractivity contribution is 5.64. The van der Waals surface area contributed by atoms with Gasteiger partial charge < -0.3 is 16.2 Å². The summed E-state index contributed by atoms with van der Waals surface area (Å²) in [6.07, 6.45) is 1.21. The standard InChI is InChI=1S/C6H12N2O2/c7-5-1-4(2-5)3-10-6(8)9/h4-5H,1-3,7H2,(H2,8,9)/t4-,5+. The molecule has 0 aliphatic heterocycles. The molecule has 0 aromatic carbocycles. The molecular formula is C6H12N2O2. The van der Waals surface area contributed by atoms with Crippen molar-refractivity contribution >= 4 is 6.09 Å². The molecule has 4 N–H and O–H groups in total. The Labute approximate surface area is 59.5 Å². The number of rotatable bonds is 2. The highest BCUT2D eigenvalue weighted by Gasteiger charge is 2.26. The summed E-state index contributed by atoms with van der Waals surface area (Å²) in [7, 11) is 0. The molecule has 0 saturated heterocycles. The highest BCUT2D eigenvalue weighted by atomic mass is 16.5. The minimum Gasteiger partial charge on any atom is -0.449 e. The van der Waals surface area contributed by atoms with Gasteiger partial charge in [-0.1, -0.05) is 0 Å². The fourth-order valence-electron chi connectivity index (χ4n) is 1.12. The molecule has 1 fully saturated rings. The van der Waals surface area contributed by atoms with Crippen LogP contribution in [0.15, 0.2) is 0 Å². The second-order valence-corrected chi connectivity index (χ2v) is 2.73. The van der Waals surface area contributed by atoms with Gasteiger partial charge in [0.05, 0.1) is 6.61 Å². The van der Waals surface area contributed by atoms with Crippen LogP contribution in [0.25, 0.3) is 0 Å². The van der Waals surface area contributed by atoms with Crippen LogP contribution in [0.1, 0.15) is 12.8 Å².